The van der Waals surface area contributed by atoms with Gasteiger partial charge >= 0.3 is 0 Å². The van der Waals surface area contributed by atoms with E-state index in [-0.39, 0.29) is 0 Å². The number of nitrogens with two attached hydrogens (primary N) is 1. The molecule has 0 aliphatic carbocycles. The van der Waals surface area contributed by atoms with Crippen molar-refractivity contribution < 1.29 is 4.74 Å². The Hall–Kier alpha value is -1.82. The van der Waals surface area contributed by atoms with Gasteiger partial charge in [0.05, 0.1) is 12.3 Å². The Morgan fingerprint density at radius 3 is 2.89 bits per heavy atom. The Kier molecular flexibility index (Phi) is 4.21. The number of benzene rings is 1. The van der Waals surface area contributed by atoms with Crippen LogP contribution in [-0.4, -0.2) is 16.6 Å². The molecule has 0 unspecified atom stereocenters. The van der Waals surface area contributed by atoms with Crippen LogP contribution in [0.15, 0.2) is 29.0 Å². The number of nitrogens with one attached hydrogen (secondary N) is 1. The first kappa shape index (κ1) is 13.6. The van der Waals surface area contributed by atoms with Gasteiger partial charge in [-0.3, -0.25) is 0 Å². The molecule has 5 nitrogen and oxygen atoms in total. The van der Waals surface area contributed by atoms with E-state index in [0.717, 1.165) is 15.7 Å². The van der Waals surface area contributed by atoms with Crippen molar-refractivity contribution in [2.75, 3.05) is 17.7 Å². The molecular formula is C13H15BrN4O. The van der Waals surface area contributed by atoms with Crippen LogP contribution in [0.25, 0.3) is 0 Å². The summed E-state index contributed by atoms with van der Waals surface area (Å²) >= 11 is 3.53. The standard InChI is InChI=1S/C13H15BrN4O/c1-3-19-13-11(15)12(16-7-17-13)18-9-6-4-5-8(2)10(9)14/h4-7H,3,15H2,1-2H3,(H,16,17,18). The quantitative estimate of drug-likeness (QED) is 0.903. The first-order valence-electron chi connectivity index (χ1n) is 5.89. The summed E-state index contributed by atoms with van der Waals surface area (Å²) in [4.78, 5) is 8.14. The van der Waals surface area contributed by atoms with E-state index in [1.807, 2.05) is 32.0 Å². The van der Waals surface area contributed by atoms with Crippen molar-refractivity contribution in [2.24, 2.45) is 0 Å². The lowest BCUT2D eigenvalue weighted by Gasteiger charge is -2.13. The number of rotatable bonds is 4. The lowest BCUT2D eigenvalue weighted by molar-refractivity contribution is 0.328. The maximum Gasteiger partial charge on any atom is 0.242 e. The van der Waals surface area contributed by atoms with Gasteiger partial charge in [-0.05, 0) is 41.4 Å². The monoisotopic (exact) mass is 322 g/mol. The topological polar surface area (TPSA) is 73.1 Å². The smallest absolute Gasteiger partial charge is 0.242 e. The van der Waals surface area contributed by atoms with E-state index in [1.54, 1.807) is 0 Å². The molecule has 2 rings (SSSR count). The summed E-state index contributed by atoms with van der Waals surface area (Å²) in [7, 11) is 0. The maximum absolute atomic E-state index is 5.98. The molecule has 0 fully saturated rings. The molecule has 0 amide bonds. The first-order valence-corrected chi connectivity index (χ1v) is 6.68. The average molecular weight is 323 g/mol. The minimum atomic E-state index is 0.392. The number of hydrogen-bond donors (Lipinski definition) is 2. The summed E-state index contributed by atoms with van der Waals surface area (Å²) < 4.78 is 6.32. The molecule has 6 heteroatoms. The minimum Gasteiger partial charge on any atom is -0.476 e. The highest BCUT2D eigenvalue weighted by molar-refractivity contribution is 9.10. The van der Waals surface area contributed by atoms with Crippen LogP contribution in [-0.2, 0) is 0 Å². The summed E-state index contributed by atoms with van der Waals surface area (Å²) in [6, 6.07) is 5.92. The predicted molar refractivity (Wildman–Crippen MR) is 79.8 cm³/mol. The van der Waals surface area contributed by atoms with Gasteiger partial charge in [0.25, 0.3) is 0 Å². The summed E-state index contributed by atoms with van der Waals surface area (Å²) in [6.45, 7) is 4.41. The Labute approximate surface area is 120 Å². The molecule has 0 bridgehead atoms. The fourth-order valence-electron chi connectivity index (χ4n) is 1.60. The highest BCUT2D eigenvalue weighted by Crippen LogP contribution is 2.32. The van der Waals surface area contributed by atoms with Gasteiger partial charge in [0, 0.05) is 4.47 Å². The lowest BCUT2D eigenvalue weighted by Crippen LogP contribution is -2.05. The van der Waals surface area contributed by atoms with Gasteiger partial charge in [0.1, 0.15) is 12.0 Å². The second-order valence-corrected chi connectivity index (χ2v) is 4.73. The fourth-order valence-corrected chi connectivity index (χ4v) is 1.97. The molecule has 19 heavy (non-hydrogen) atoms. The van der Waals surface area contributed by atoms with Crippen molar-refractivity contribution in [1.82, 2.24) is 9.97 Å². The number of anilines is 3. The second-order valence-electron chi connectivity index (χ2n) is 3.94. The van der Waals surface area contributed by atoms with Crippen LogP contribution >= 0.6 is 15.9 Å². The zero-order valence-electron chi connectivity index (χ0n) is 10.8. The molecule has 1 aromatic carbocycles. The molecule has 0 atom stereocenters. The maximum atomic E-state index is 5.98. The normalized spacial score (nSPS) is 10.3. The molecule has 0 aliphatic heterocycles. The van der Waals surface area contributed by atoms with E-state index in [9.17, 15) is 0 Å². The summed E-state index contributed by atoms with van der Waals surface area (Å²) in [5.74, 6) is 0.925. The number of nitrogens with zero attached hydrogens (tertiary/aromatic N) is 2. The molecule has 1 heterocycles. The third-order valence-electron chi connectivity index (χ3n) is 2.57. The van der Waals surface area contributed by atoms with Crippen LogP contribution in [0.2, 0.25) is 0 Å². The van der Waals surface area contributed by atoms with Gasteiger partial charge in [0.2, 0.25) is 5.88 Å². The fraction of sp³-hybridized carbons (Fsp3) is 0.231. The molecule has 0 aliphatic rings. The molecule has 0 radical (unpaired) electrons. The average Bonchev–Trinajstić information content (AvgIpc) is 2.40. The van der Waals surface area contributed by atoms with Gasteiger partial charge in [-0.1, -0.05) is 12.1 Å². The number of nitrogen functional groups attached to an aromatic ring is 1. The predicted octanol–water partition coefficient (Wildman–Crippen LogP) is 3.27. The van der Waals surface area contributed by atoms with E-state index < -0.39 is 0 Å². The van der Waals surface area contributed by atoms with E-state index in [2.05, 4.69) is 31.2 Å². The van der Waals surface area contributed by atoms with Crippen LogP contribution in [0.4, 0.5) is 17.2 Å². The van der Waals surface area contributed by atoms with E-state index in [1.165, 1.54) is 6.33 Å². The molecule has 1 aromatic heterocycles. The van der Waals surface area contributed by atoms with E-state index >= 15 is 0 Å². The van der Waals surface area contributed by atoms with Crippen LogP contribution in [0.1, 0.15) is 12.5 Å². The van der Waals surface area contributed by atoms with Crippen molar-refractivity contribution in [2.45, 2.75) is 13.8 Å². The van der Waals surface area contributed by atoms with Crippen LogP contribution in [0, 0.1) is 6.92 Å². The van der Waals surface area contributed by atoms with Gasteiger partial charge in [-0.25, -0.2) is 4.98 Å². The number of aryl methyl sites for hydroxylation is 1. The van der Waals surface area contributed by atoms with Crippen LogP contribution < -0.4 is 15.8 Å². The summed E-state index contributed by atoms with van der Waals surface area (Å²) in [5, 5.41) is 3.18. The zero-order chi connectivity index (χ0) is 13.8. The third kappa shape index (κ3) is 2.96. The Balaban J connectivity index is 2.33. The van der Waals surface area contributed by atoms with E-state index in [4.69, 9.17) is 10.5 Å². The lowest BCUT2D eigenvalue weighted by atomic mass is 10.2. The second kappa shape index (κ2) is 5.88. The van der Waals surface area contributed by atoms with Crippen molar-refractivity contribution in [3.63, 3.8) is 0 Å². The largest absolute Gasteiger partial charge is 0.476 e. The number of hydrogen-bond acceptors (Lipinski definition) is 5. The Bertz CT molecular complexity index is 589. The Morgan fingerprint density at radius 2 is 2.16 bits per heavy atom. The number of halogens is 1. The van der Waals surface area contributed by atoms with Gasteiger partial charge in [-0.15, -0.1) is 0 Å². The van der Waals surface area contributed by atoms with Crippen molar-refractivity contribution in [3.8, 4) is 5.88 Å². The van der Waals surface area contributed by atoms with Crippen molar-refractivity contribution >= 4 is 33.1 Å². The molecule has 3 N–H and O–H groups in total. The van der Waals surface area contributed by atoms with Crippen molar-refractivity contribution in [3.05, 3.63) is 34.6 Å². The zero-order valence-corrected chi connectivity index (χ0v) is 12.4. The summed E-state index contributed by atoms with van der Waals surface area (Å²) in [5.41, 5.74) is 8.40. The molecule has 0 saturated heterocycles. The highest BCUT2D eigenvalue weighted by atomic mass is 79.9. The summed E-state index contributed by atoms with van der Waals surface area (Å²) in [6.07, 6.45) is 1.42. The van der Waals surface area contributed by atoms with Gasteiger partial charge < -0.3 is 15.8 Å². The van der Waals surface area contributed by atoms with Crippen LogP contribution in [0.3, 0.4) is 0 Å². The van der Waals surface area contributed by atoms with Gasteiger partial charge in [-0.2, -0.15) is 4.98 Å². The molecule has 0 spiro atoms. The molecule has 0 saturated carbocycles. The first-order chi connectivity index (χ1) is 9.13. The SMILES string of the molecule is CCOc1ncnc(Nc2cccc(C)c2Br)c1N. The van der Waals surface area contributed by atoms with Gasteiger partial charge in [0.15, 0.2) is 5.82 Å². The Morgan fingerprint density at radius 1 is 1.37 bits per heavy atom. The number of aromatic nitrogens is 2. The third-order valence-corrected chi connectivity index (χ3v) is 3.63. The molecule has 100 valence electrons. The van der Waals surface area contributed by atoms with Crippen LogP contribution in [0.5, 0.6) is 5.88 Å². The highest BCUT2D eigenvalue weighted by Gasteiger charge is 2.10. The van der Waals surface area contributed by atoms with Crippen molar-refractivity contribution in [1.29, 1.82) is 0 Å². The van der Waals surface area contributed by atoms with E-state index in [0.29, 0.717) is 24.0 Å². The molecular weight excluding hydrogens is 308 g/mol. The molecule has 2 aromatic rings. The number of ether oxygens (including phenoxy) is 1. The minimum absolute atomic E-state index is 0.392.